The SMILES string of the molecule is CCn1ncc(C(C)=O)c1-c1ccc(C)cc1. The van der Waals surface area contributed by atoms with Crippen molar-refractivity contribution in [2.24, 2.45) is 0 Å². The van der Waals surface area contributed by atoms with Crippen molar-refractivity contribution >= 4 is 5.78 Å². The van der Waals surface area contributed by atoms with Crippen molar-refractivity contribution in [3.05, 3.63) is 41.6 Å². The lowest BCUT2D eigenvalue weighted by Crippen LogP contribution is -2.01. The molecule has 0 N–H and O–H groups in total. The zero-order valence-electron chi connectivity index (χ0n) is 10.4. The Morgan fingerprint density at radius 3 is 2.47 bits per heavy atom. The topological polar surface area (TPSA) is 34.9 Å². The molecule has 0 fully saturated rings. The number of benzene rings is 1. The Kier molecular flexibility index (Phi) is 3.09. The predicted molar refractivity (Wildman–Crippen MR) is 68.1 cm³/mol. The van der Waals surface area contributed by atoms with Crippen LogP contribution in [0.1, 0.15) is 29.8 Å². The van der Waals surface area contributed by atoms with E-state index in [1.165, 1.54) is 5.56 Å². The van der Waals surface area contributed by atoms with Crippen molar-refractivity contribution in [1.29, 1.82) is 0 Å². The van der Waals surface area contributed by atoms with Gasteiger partial charge in [0.05, 0.1) is 17.5 Å². The molecule has 0 radical (unpaired) electrons. The van der Waals surface area contributed by atoms with Gasteiger partial charge in [0.1, 0.15) is 0 Å². The molecule has 2 aromatic rings. The fraction of sp³-hybridized carbons (Fsp3) is 0.286. The number of nitrogens with zero attached hydrogens (tertiary/aromatic N) is 2. The summed E-state index contributed by atoms with van der Waals surface area (Å²) in [5.74, 6) is 0.0558. The zero-order chi connectivity index (χ0) is 12.4. The van der Waals surface area contributed by atoms with E-state index in [1.54, 1.807) is 13.1 Å². The second-order valence-corrected chi connectivity index (χ2v) is 4.14. The van der Waals surface area contributed by atoms with Crippen LogP contribution in [0.2, 0.25) is 0 Å². The lowest BCUT2D eigenvalue weighted by atomic mass is 10.0. The number of Topliss-reactive ketones (excluding diaryl/α,β-unsaturated/α-hetero) is 1. The van der Waals surface area contributed by atoms with Crippen LogP contribution in [-0.4, -0.2) is 15.6 Å². The summed E-state index contributed by atoms with van der Waals surface area (Å²) in [6.07, 6.45) is 1.65. The van der Waals surface area contributed by atoms with E-state index in [2.05, 4.69) is 5.10 Å². The van der Waals surface area contributed by atoms with E-state index in [-0.39, 0.29) is 5.78 Å². The fourth-order valence-corrected chi connectivity index (χ4v) is 1.90. The highest BCUT2D eigenvalue weighted by Crippen LogP contribution is 2.24. The molecule has 0 aliphatic heterocycles. The lowest BCUT2D eigenvalue weighted by molar-refractivity contribution is 0.101. The highest BCUT2D eigenvalue weighted by molar-refractivity contribution is 5.99. The molecular weight excluding hydrogens is 212 g/mol. The van der Waals surface area contributed by atoms with Crippen molar-refractivity contribution in [2.75, 3.05) is 0 Å². The Bertz CT molecular complexity index is 538. The standard InChI is InChI=1S/C14H16N2O/c1-4-16-14(13(9-15-16)11(3)17)12-7-5-10(2)6-8-12/h5-9H,4H2,1-3H3. The number of aryl methyl sites for hydroxylation is 2. The van der Waals surface area contributed by atoms with Gasteiger partial charge in [-0.2, -0.15) is 5.10 Å². The van der Waals surface area contributed by atoms with Crippen molar-refractivity contribution in [3.63, 3.8) is 0 Å². The molecular formula is C14H16N2O. The summed E-state index contributed by atoms with van der Waals surface area (Å²) in [6, 6.07) is 8.16. The third kappa shape index (κ3) is 2.13. The number of ketones is 1. The van der Waals surface area contributed by atoms with Crippen LogP contribution in [0.15, 0.2) is 30.5 Å². The molecule has 17 heavy (non-hydrogen) atoms. The number of hydrogen-bond acceptors (Lipinski definition) is 2. The van der Waals surface area contributed by atoms with E-state index >= 15 is 0 Å². The van der Waals surface area contributed by atoms with Crippen molar-refractivity contribution in [1.82, 2.24) is 9.78 Å². The highest BCUT2D eigenvalue weighted by Gasteiger charge is 2.14. The Balaban J connectivity index is 2.59. The van der Waals surface area contributed by atoms with E-state index < -0.39 is 0 Å². The average molecular weight is 228 g/mol. The number of carbonyl (C=O) groups is 1. The normalized spacial score (nSPS) is 10.5. The van der Waals surface area contributed by atoms with Gasteiger partial charge in [-0.1, -0.05) is 29.8 Å². The van der Waals surface area contributed by atoms with E-state index in [4.69, 9.17) is 0 Å². The average Bonchev–Trinajstić information content (AvgIpc) is 2.73. The van der Waals surface area contributed by atoms with Gasteiger partial charge in [-0.15, -0.1) is 0 Å². The minimum Gasteiger partial charge on any atom is -0.294 e. The van der Waals surface area contributed by atoms with Gasteiger partial charge in [-0.3, -0.25) is 9.48 Å². The number of carbonyl (C=O) groups excluding carboxylic acids is 1. The summed E-state index contributed by atoms with van der Waals surface area (Å²) in [6.45, 7) is 6.41. The maximum atomic E-state index is 11.6. The quantitative estimate of drug-likeness (QED) is 0.757. The monoisotopic (exact) mass is 228 g/mol. The smallest absolute Gasteiger partial charge is 0.163 e. The highest BCUT2D eigenvalue weighted by atomic mass is 16.1. The molecule has 1 heterocycles. The van der Waals surface area contributed by atoms with Gasteiger partial charge in [-0.25, -0.2) is 0 Å². The second kappa shape index (κ2) is 4.53. The van der Waals surface area contributed by atoms with Crippen LogP contribution >= 0.6 is 0 Å². The second-order valence-electron chi connectivity index (χ2n) is 4.14. The third-order valence-corrected chi connectivity index (χ3v) is 2.84. The summed E-state index contributed by atoms with van der Waals surface area (Å²) in [7, 11) is 0. The lowest BCUT2D eigenvalue weighted by Gasteiger charge is -2.07. The first-order valence-electron chi connectivity index (χ1n) is 5.77. The molecule has 0 saturated carbocycles. The molecule has 2 rings (SSSR count). The third-order valence-electron chi connectivity index (χ3n) is 2.84. The Morgan fingerprint density at radius 1 is 1.29 bits per heavy atom. The summed E-state index contributed by atoms with van der Waals surface area (Å²) in [4.78, 5) is 11.6. The Hall–Kier alpha value is -1.90. The van der Waals surface area contributed by atoms with Crippen LogP contribution in [0.4, 0.5) is 0 Å². The maximum Gasteiger partial charge on any atom is 0.163 e. The van der Waals surface area contributed by atoms with Crippen LogP contribution in [0.25, 0.3) is 11.3 Å². The molecule has 0 unspecified atom stereocenters. The van der Waals surface area contributed by atoms with Crippen LogP contribution in [0, 0.1) is 6.92 Å². The number of hydrogen-bond donors (Lipinski definition) is 0. The Labute approximate surface area is 101 Å². The van der Waals surface area contributed by atoms with Crippen LogP contribution in [0.3, 0.4) is 0 Å². The number of rotatable bonds is 3. The molecule has 0 atom stereocenters. The molecule has 88 valence electrons. The van der Waals surface area contributed by atoms with Crippen LogP contribution in [-0.2, 0) is 6.54 Å². The van der Waals surface area contributed by atoms with Gasteiger partial charge in [-0.05, 0) is 20.8 Å². The molecule has 3 heteroatoms. The summed E-state index contributed by atoms with van der Waals surface area (Å²) in [5.41, 5.74) is 3.86. The molecule has 0 aliphatic carbocycles. The largest absolute Gasteiger partial charge is 0.294 e. The van der Waals surface area contributed by atoms with Crippen molar-refractivity contribution < 1.29 is 4.79 Å². The summed E-state index contributed by atoms with van der Waals surface area (Å²) in [5, 5.41) is 4.25. The first-order chi connectivity index (χ1) is 8.13. The van der Waals surface area contributed by atoms with E-state index in [0.717, 1.165) is 17.8 Å². The zero-order valence-corrected chi connectivity index (χ0v) is 10.4. The molecule has 0 saturated heterocycles. The van der Waals surface area contributed by atoms with E-state index in [9.17, 15) is 4.79 Å². The summed E-state index contributed by atoms with van der Waals surface area (Å²) < 4.78 is 1.86. The van der Waals surface area contributed by atoms with Crippen molar-refractivity contribution in [2.45, 2.75) is 27.3 Å². The number of aromatic nitrogens is 2. The van der Waals surface area contributed by atoms with Crippen LogP contribution in [0.5, 0.6) is 0 Å². The van der Waals surface area contributed by atoms with Crippen LogP contribution < -0.4 is 0 Å². The first kappa shape index (κ1) is 11.6. The maximum absolute atomic E-state index is 11.6. The Morgan fingerprint density at radius 2 is 1.94 bits per heavy atom. The molecule has 1 aromatic heterocycles. The molecule has 0 spiro atoms. The van der Waals surface area contributed by atoms with Gasteiger partial charge in [0.15, 0.2) is 5.78 Å². The fourth-order valence-electron chi connectivity index (χ4n) is 1.90. The van der Waals surface area contributed by atoms with Gasteiger partial charge >= 0.3 is 0 Å². The molecule has 0 aliphatic rings. The van der Waals surface area contributed by atoms with Gasteiger partial charge < -0.3 is 0 Å². The predicted octanol–water partition coefficient (Wildman–Crippen LogP) is 3.08. The van der Waals surface area contributed by atoms with Gasteiger partial charge in [0.25, 0.3) is 0 Å². The van der Waals surface area contributed by atoms with Crippen molar-refractivity contribution in [3.8, 4) is 11.3 Å². The molecule has 3 nitrogen and oxygen atoms in total. The molecule has 0 bridgehead atoms. The van der Waals surface area contributed by atoms with Gasteiger partial charge in [0.2, 0.25) is 0 Å². The van der Waals surface area contributed by atoms with E-state index in [1.807, 2.05) is 42.8 Å². The summed E-state index contributed by atoms with van der Waals surface area (Å²) >= 11 is 0. The minimum atomic E-state index is 0.0558. The van der Waals surface area contributed by atoms with E-state index in [0.29, 0.717) is 5.56 Å². The molecule has 0 amide bonds. The molecule has 1 aromatic carbocycles. The first-order valence-corrected chi connectivity index (χ1v) is 5.77. The minimum absolute atomic E-state index is 0.0558. The van der Waals surface area contributed by atoms with Gasteiger partial charge in [0, 0.05) is 12.1 Å².